The van der Waals surface area contributed by atoms with Crippen molar-refractivity contribution < 1.29 is 0 Å². The van der Waals surface area contributed by atoms with Crippen molar-refractivity contribution in [2.45, 2.75) is 27.2 Å². The van der Waals surface area contributed by atoms with Gasteiger partial charge < -0.3 is 4.98 Å². The summed E-state index contributed by atoms with van der Waals surface area (Å²) >= 11 is 7.78. The molecule has 0 amide bonds. The van der Waals surface area contributed by atoms with E-state index in [9.17, 15) is 4.79 Å². The number of fused-ring (bicyclic) bond motifs is 1. The van der Waals surface area contributed by atoms with E-state index < -0.39 is 0 Å². The summed E-state index contributed by atoms with van der Waals surface area (Å²) in [5, 5.41) is 1.39. The fourth-order valence-corrected chi connectivity index (χ4v) is 4.51. The van der Waals surface area contributed by atoms with Crippen LogP contribution in [0.15, 0.2) is 47.3 Å². The summed E-state index contributed by atoms with van der Waals surface area (Å²) in [5.74, 6) is 0.607. The average Bonchev–Trinajstić information content (AvgIpc) is 3.04. The van der Waals surface area contributed by atoms with Crippen molar-refractivity contribution in [2.75, 3.05) is 0 Å². The number of halogens is 1. The highest BCUT2D eigenvalue weighted by Crippen LogP contribution is 2.38. The second kappa shape index (κ2) is 6.95. The first-order chi connectivity index (χ1) is 13.0. The minimum Gasteiger partial charge on any atom is -0.306 e. The molecule has 136 valence electrons. The number of nitrogens with zero attached hydrogens (tertiary/aromatic N) is 1. The zero-order valence-corrected chi connectivity index (χ0v) is 17.0. The van der Waals surface area contributed by atoms with Gasteiger partial charge in [-0.1, -0.05) is 54.4 Å². The van der Waals surface area contributed by atoms with Gasteiger partial charge in [-0.3, -0.25) is 4.79 Å². The van der Waals surface area contributed by atoms with Gasteiger partial charge in [0.05, 0.1) is 5.39 Å². The SMILES string of the molecule is CCc1sc2nc(-c3ccc(C)cc3)[nH]c(=O)c2c1-c1ccc(Cl)c(C)c1. The molecule has 0 saturated heterocycles. The van der Waals surface area contributed by atoms with Crippen LogP contribution in [0.1, 0.15) is 22.9 Å². The lowest BCUT2D eigenvalue weighted by Crippen LogP contribution is -2.09. The van der Waals surface area contributed by atoms with E-state index in [1.807, 2.05) is 56.3 Å². The summed E-state index contributed by atoms with van der Waals surface area (Å²) in [6.45, 7) is 6.12. The maximum Gasteiger partial charge on any atom is 0.260 e. The minimum atomic E-state index is -0.103. The first-order valence-electron chi connectivity index (χ1n) is 8.87. The molecule has 0 bridgehead atoms. The maximum absolute atomic E-state index is 13.0. The standard InChI is InChI=1S/C22H19ClN2OS/c1-4-17-18(15-9-10-16(23)13(3)11-15)19-21(26)24-20(25-22(19)27-17)14-7-5-12(2)6-8-14/h5-11H,4H2,1-3H3,(H,24,25,26). The number of rotatable bonds is 3. The Hall–Kier alpha value is -2.43. The van der Waals surface area contributed by atoms with Crippen LogP contribution < -0.4 is 5.56 Å². The number of aromatic nitrogens is 2. The molecule has 5 heteroatoms. The molecule has 1 N–H and O–H groups in total. The zero-order valence-electron chi connectivity index (χ0n) is 15.4. The quantitative estimate of drug-likeness (QED) is 0.452. The molecule has 0 aliphatic rings. The van der Waals surface area contributed by atoms with Crippen LogP contribution >= 0.6 is 22.9 Å². The fraction of sp³-hybridized carbons (Fsp3) is 0.182. The number of thiophene rings is 1. The average molecular weight is 395 g/mol. The van der Waals surface area contributed by atoms with Gasteiger partial charge in [-0.2, -0.15) is 0 Å². The second-order valence-corrected chi connectivity index (χ2v) is 8.17. The van der Waals surface area contributed by atoms with Crippen molar-refractivity contribution in [3.63, 3.8) is 0 Å². The third kappa shape index (κ3) is 3.20. The number of benzene rings is 2. The fourth-order valence-electron chi connectivity index (χ4n) is 3.26. The molecular formula is C22H19ClN2OS. The van der Waals surface area contributed by atoms with Crippen LogP contribution in [-0.4, -0.2) is 9.97 Å². The van der Waals surface area contributed by atoms with Gasteiger partial charge in [-0.15, -0.1) is 11.3 Å². The molecule has 0 aliphatic heterocycles. The van der Waals surface area contributed by atoms with E-state index in [2.05, 4.69) is 11.9 Å². The Bertz CT molecular complexity index is 1210. The molecule has 0 unspecified atom stereocenters. The van der Waals surface area contributed by atoms with Crippen LogP contribution in [0, 0.1) is 13.8 Å². The first kappa shape index (κ1) is 18.0. The minimum absolute atomic E-state index is 0.103. The van der Waals surface area contributed by atoms with E-state index in [0.717, 1.165) is 43.4 Å². The molecule has 0 atom stereocenters. The number of nitrogens with one attached hydrogen (secondary N) is 1. The summed E-state index contributed by atoms with van der Waals surface area (Å²) in [6, 6.07) is 13.9. The largest absolute Gasteiger partial charge is 0.306 e. The predicted molar refractivity (Wildman–Crippen MR) is 115 cm³/mol. The summed E-state index contributed by atoms with van der Waals surface area (Å²) in [6.07, 6.45) is 0.845. The Balaban J connectivity index is 1.96. The Kier molecular flexibility index (Phi) is 4.62. The summed E-state index contributed by atoms with van der Waals surface area (Å²) < 4.78 is 0. The molecule has 27 heavy (non-hydrogen) atoms. The van der Waals surface area contributed by atoms with Gasteiger partial charge in [0.1, 0.15) is 10.7 Å². The molecule has 4 rings (SSSR count). The zero-order chi connectivity index (χ0) is 19.1. The van der Waals surface area contributed by atoms with Crippen molar-refractivity contribution in [1.29, 1.82) is 0 Å². The van der Waals surface area contributed by atoms with E-state index in [1.165, 1.54) is 5.56 Å². The van der Waals surface area contributed by atoms with Gasteiger partial charge in [0, 0.05) is 21.0 Å². The molecule has 4 aromatic rings. The molecule has 3 nitrogen and oxygen atoms in total. The van der Waals surface area contributed by atoms with Gasteiger partial charge >= 0.3 is 0 Å². The van der Waals surface area contributed by atoms with Crippen LogP contribution in [0.5, 0.6) is 0 Å². The van der Waals surface area contributed by atoms with Crippen molar-refractivity contribution in [1.82, 2.24) is 9.97 Å². The van der Waals surface area contributed by atoms with Crippen molar-refractivity contribution >= 4 is 33.2 Å². The molecule has 0 radical (unpaired) electrons. The second-order valence-electron chi connectivity index (χ2n) is 6.68. The molecule has 2 aromatic heterocycles. The van der Waals surface area contributed by atoms with E-state index in [0.29, 0.717) is 11.2 Å². The number of aryl methyl sites for hydroxylation is 3. The Morgan fingerprint density at radius 3 is 2.44 bits per heavy atom. The first-order valence-corrected chi connectivity index (χ1v) is 10.1. The highest BCUT2D eigenvalue weighted by molar-refractivity contribution is 7.19. The number of aromatic amines is 1. The monoisotopic (exact) mass is 394 g/mol. The Morgan fingerprint density at radius 1 is 1.07 bits per heavy atom. The van der Waals surface area contributed by atoms with Crippen LogP contribution in [0.25, 0.3) is 32.7 Å². The Labute approximate surface area is 166 Å². The number of hydrogen-bond donors (Lipinski definition) is 1. The lowest BCUT2D eigenvalue weighted by molar-refractivity contribution is 1.18. The lowest BCUT2D eigenvalue weighted by Gasteiger charge is -2.06. The summed E-state index contributed by atoms with van der Waals surface area (Å²) in [7, 11) is 0. The molecule has 2 aromatic carbocycles. The molecule has 0 spiro atoms. The topological polar surface area (TPSA) is 45.8 Å². The molecular weight excluding hydrogens is 376 g/mol. The molecule has 0 aliphatic carbocycles. The van der Waals surface area contributed by atoms with Gasteiger partial charge in [0.2, 0.25) is 0 Å². The van der Waals surface area contributed by atoms with Crippen molar-refractivity contribution in [3.8, 4) is 22.5 Å². The third-order valence-corrected chi connectivity index (χ3v) is 6.38. The van der Waals surface area contributed by atoms with Gasteiger partial charge in [0.15, 0.2) is 0 Å². The highest BCUT2D eigenvalue weighted by Gasteiger charge is 2.19. The summed E-state index contributed by atoms with van der Waals surface area (Å²) in [4.78, 5) is 22.7. The molecule has 2 heterocycles. The number of H-pyrrole nitrogens is 1. The van der Waals surface area contributed by atoms with Crippen LogP contribution in [0.2, 0.25) is 5.02 Å². The van der Waals surface area contributed by atoms with Crippen molar-refractivity contribution in [2.24, 2.45) is 0 Å². The molecule has 0 fully saturated rings. The molecule has 0 saturated carbocycles. The van der Waals surface area contributed by atoms with Crippen LogP contribution in [-0.2, 0) is 6.42 Å². The van der Waals surface area contributed by atoms with Gasteiger partial charge in [0.25, 0.3) is 5.56 Å². The van der Waals surface area contributed by atoms with Gasteiger partial charge in [-0.05, 0) is 43.5 Å². The van der Waals surface area contributed by atoms with Gasteiger partial charge in [-0.25, -0.2) is 4.98 Å². The normalized spacial score (nSPS) is 11.3. The number of hydrogen-bond acceptors (Lipinski definition) is 3. The third-order valence-electron chi connectivity index (χ3n) is 4.73. The predicted octanol–water partition coefficient (Wildman–Crippen LogP) is 6.15. The smallest absolute Gasteiger partial charge is 0.260 e. The van der Waals surface area contributed by atoms with E-state index in [4.69, 9.17) is 16.6 Å². The van der Waals surface area contributed by atoms with E-state index in [-0.39, 0.29) is 5.56 Å². The van der Waals surface area contributed by atoms with Crippen LogP contribution in [0.3, 0.4) is 0 Å². The lowest BCUT2D eigenvalue weighted by atomic mass is 10.0. The van der Waals surface area contributed by atoms with Crippen molar-refractivity contribution in [3.05, 3.63) is 73.8 Å². The van der Waals surface area contributed by atoms with Crippen LogP contribution in [0.4, 0.5) is 0 Å². The summed E-state index contributed by atoms with van der Waals surface area (Å²) in [5.41, 5.74) is 4.96. The maximum atomic E-state index is 13.0. The van der Waals surface area contributed by atoms with E-state index in [1.54, 1.807) is 11.3 Å². The van der Waals surface area contributed by atoms with E-state index >= 15 is 0 Å². The Morgan fingerprint density at radius 2 is 1.78 bits per heavy atom. The highest BCUT2D eigenvalue weighted by atomic mass is 35.5.